The molecule has 1 saturated carbocycles. The van der Waals surface area contributed by atoms with E-state index in [1.54, 1.807) is 0 Å². The van der Waals surface area contributed by atoms with Gasteiger partial charge in [0, 0.05) is 18.5 Å². The predicted molar refractivity (Wildman–Crippen MR) is 178 cm³/mol. The zero-order valence-electron chi connectivity index (χ0n) is 24.1. The number of aliphatic imine (C=N–C) groups is 2. The summed E-state index contributed by atoms with van der Waals surface area (Å²) in [4.78, 5) is 8.88. The van der Waals surface area contributed by atoms with E-state index in [4.69, 9.17) is 69.6 Å². The lowest BCUT2D eigenvalue weighted by Gasteiger charge is -2.24. The third-order valence-electron chi connectivity index (χ3n) is 6.11. The molecule has 1 aliphatic rings. The molecule has 1 fully saturated rings. The zero-order valence-corrected chi connectivity index (χ0v) is 28.6. The zero-order chi connectivity index (χ0) is 30.5. The first-order valence-corrected chi connectivity index (χ1v) is 15.2. The molecule has 0 saturated heterocycles. The number of anilines is 2. The van der Waals surface area contributed by atoms with Crippen molar-refractivity contribution in [3.05, 3.63) is 55.5 Å². The minimum absolute atomic E-state index is 0.0767. The second-order valence-corrected chi connectivity index (χ2v) is 13.9. The van der Waals surface area contributed by atoms with Crippen LogP contribution in [-0.2, 0) is 0 Å². The lowest BCUT2D eigenvalue weighted by atomic mass is 9.95. The van der Waals surface area contributed by atoms with E-state index in [2.05, 4.69) is 52.5 Å². The Morgan fingerprint density at radius 2 is 1.15 bits per heavy atom. The molecular formula is C28H38Cl6N6. The average Bonchev–Trinajstić information content (AvgIpc) is 3.33. The Bertz CT molecular complexity index is 1210. The number of hydrogen-bond acceptors (Lipinski definition) is 4. The number of nitrogens with zero attached hydrogens (tertiary/aromatic N) is 2. The third kappa shape index (κ3) is 9.11. The number of benzene rings is 2. The van der Waals surface area contributed by atoms with Crippen LogP contribution >= 0.6 is 69.6 Å². The largest absolute Gasteiger partial charge is 0.297 e. The van der Waals surface area contributed by atoms with E-state index in [0.717, 1.165) is 23.5 Å². The highest BCUT2D eigenvalue weighted by Crippen LogP contribution is 2.64. The summed E-state index contributed by atoms with van der Waals surface area (Å²) in [6, 6.07) is 7.40. The van der Waals surface area contributed by atoms with Crippen molar-refractivity contribution in [1.29, 1.82) is 0 Å². The molecule has 40 heavy (non-hydrogen) atoms. The van der Waals surface area contributed by atoms with E-state index in [9.17, 15) is 0 Å². The predicted octanol–water partition coefficient (Wildman–Crippen LogP) is 9.90. The maximum Gasteiger partial charge on any atom is 0.131 e. The molecule has 12 heteroatoms. The molecule has 4 N–H and O–H groups in total. The van der Waals surface area contributed by atoms with Gasteiger partial charge in [0.2, 0.25) is 0 Å². The summed E-state index contributed by atoms with van der Waals surface area (Å²) in [7, 11) is 0. The van der Waals surface area contributed by atoms with Gasteiger partial charge in [-0.15, -0.1) is 23.2 Å². The molecule has 3 rings (SSSR count). The Labute approximate surface area is 268 Å². The number of hydrazine groups is 2. The second kappa shape index (κ2) is 14.3. The highest BCUT2D eigenvalue weighted by atomic mass is 35.5. The van der Waals surface area contributed by atoms with Crippen LogP contribution < -0.4 is 21.7 Å². The van der Waals surface area contributed by atoms with Crippen LogP contribution in [0.1, 0.15) is 59.1 Å². The Kier molecular flexibility index (Phi) is 12.4. The maximum absolute atomic E-state index is 6.21. The summed E-state index contributed by atoms with van der Waals surface area (Å²) in [6.07, 6.45) is 0.645. The lowest BCUT2D eigenvalue weighted by molar-refractivity contribution is 0.568. The van der Waals surface area contributed by atoms with Crippen molar-refractivity contribution >= 4 is 92.7 Å². The number of rotatable bonds is 7. The third-order valence-corrected chi connectivity index (χ3v) is 8.40. The Hall–Kier alpha value is -1.28. The van der Waals surface area contributed by atoms with Gasteiger partial charge in [0.25, 0.3) is 0 Å². The number of hydrogen-bond donors (Lipinski definition) is 4. The normalized spacial score (nSPS) is 18.4. The molecule has 0 spiro atoms. The fourth-order valence-electron chi connectivity index (χ4n) is 3.67. The Morgan fingerprint density at radius 3 is 1.48 bits per heavy atom. The van der Waals surface area contributed by atoms with Crippen LogP contribution in [0.25, 0.3) is 0 Å². The summed E-state index contributed by atoms with van der Waals surface area (Å²) in [5.74, 6) is 1.56. The molecular weight excluding hydrogens is 633 g/mol. The first-order chi connectivity index (χ1) is 18.5. The molecule has 0 amide bonds. The van der Waals surface area contributed by atoms with E-state index in [1.807, 2.05) is 58.9 Å². The van der Waals surface area contributed by atoms with Crippen molar-refractivity contribution in [2.45, 2.75) is 66.1 Å². The molecule has 1 atom stereocenters. The van der Waals surface area contributed by atoms with Gasteiger partial charge in [0.05, 0.1) is 36.9 Å². The monoisotopic (exact) mass is 668 g/mol. The fraction of sp³-hybridized carbons (Fsp3) is 0.500. The number of alkyl halides is 2. The van der Waals surface area contributed by atoms with E-state index in [-0.39, 0.29) is 5.41 Å². The molecule has 2 aromatic carbocycles. The summed E-state index contributed by atoms with van der Waals surface area (Å²) in [5.41, 5.74) is 15.1. The summed E-state index contributed by atoms with van der Waals surface area (Å²) >= 11 is 37.2. The highest BCUT2D eigenvalue weighted by molar-refractivity contribution is 6.53. The van der Waals surface area contributed by atoms with Crippen molar-refractivity contribution in [1.82, 2.24) is 10.9 Å². The molecule has 0 heterocycles. The topological polar surface area (TPSA) is 72.8 Å². The Balaban J connectivity index is 0.000000282. The van der Waals surface area contributed by atoms with E-state index in [0.29, 0.717) is 50.3 Å². The van der Waals surface area contributed by atoms with Gasteiger partial charge in [0.15, 0.2) is 0 Å². The molecule has 222 valence electrons. The quantitative estimate of drug-likeness (QED) is 0.102. The first-order valence-electron chi connectivity index (χ1n) is 12.9. The van der Waals surface area contributed by atoms with Gasteiger partial charge in [0.1, 0.15) is 16.0 Å². The SMILES string of the molecule is CCN=C(NNc1c(Cl)cc(C)cc1Cl)C(C)(C)C.CCN=C(NNc1c(Cl)cc(C)cc1Cl)C1(C)CC1(Cl)Cl. The van der Waals surface area contributed by atoms with Gasteiger partial charge in [-0.05, 0) is 76.4 Å². The van der Waals surface area contributed by atoms with Gasteiger partial charge in [-0.2, -0.15) is 0 Å². The number of aryl methyl sites for hydroxylation is 2. The Morgan fingerprint density at radius 1 is 0.775 bits per heavy atom. The highest BCUT2D eigenvalue weighted by Gasteiger charge is 2.66. The first kappa shape index (κ1) is 34.9. The van der Waals surface area contributed by atoms with Gasteiger partial charge in [-0.25, -0.2) is 0 Å². The average molecular weight is 671 g/mol. The molecule has 0 bridgehead atoms. The van der Waals surface area contributed by atoms with Crippen molar-refractivity contribution < 1.29 is 0 Å². The van der Waals surface area contributed by atoms with Crippen LogP contribution in [0.15, 0.2) is 34.3 Å². The van der Waals surface area contributed by atoms with Crippen LogP contribution in [0.4, 0.5) is 11.4 Å². The molecule has 1 unspecified atom stereocenters. The number of amidine groups is 2. The fourth-order valence-corrected chi connectivity index (χ4v) is 5.77. The molecule has 0 aromatic heterocycles. The molecule has 1 aliphatic carbocycles. The minimum Gasteiger partial charge on any atom is -0.297 e. The van der Waals surface area contributed by atoms with E-state index < -0.39 is 9.75 Å². The molecule has 0 aliphatic heterocycles. The van der Waals surface area contributed by atoms with Crippen LogP contribution in [-0.4, -0.2) is 29.1 Å². The molecule has 0 radical (unpaired) electrons. The van der Waals surface area contributed by atoms with Crippen LogP contribution in [0.2, 0.25) is 20.1 Å². The minimum atomic E-state index is -0.795. The number of halogens is 6. The van der Waals surface area contributed by atoms with E-state index >= 15 is 0 Å². The van der Waals surface area contributed by atoms with Crippen molar-refractivity contribution in [2.24, 2.45) is 20.8 Å². The standard InChI is InChI=1S/C14H17Cl4N3.C14H21Cl2N3/c1-4-19-12(13(3)7-14(13,17)18)21-20-11-9(15)5-8(2)6-10(11)16;1-6-17-13(14(3,4)5)19-18-12-10(15)7-9(2)8-11(12)16/h5-6,20H,4,7H2,1-3H3,(H,19,21);7-8,18H,6H2,1-5H3,(H,17,19). The van der Waals surface area contributed by atoms with Crippen LogP contribution in [0, 0.1) is 24.7 Å². The van der Waals surface area contributed by atoms with Gasteiger partial charge >= 0.3 is 0 Å². The summed E-state index contributed by atoms with van der Waals surface area (Å²) < 4.78 is -0.795. The van der Waals surface area contributed by atoms with Crippen LogP contribution in [0.3, 0.4) is 0 Å². The molecule has 2 aromatic rings. The van der Waals surface area contributed by atoms with Crippen molar-refractivity contribution in [3.63, 3.8) is 0 Å². The van der Waals surface area contributed by atoms with E-state index in [1.165, 1.54) is 0 Å². The van der Waals surface area contributed by atoms with Gasteiger partial charge in [-0.3, -0.25) is 31.7 Å². The smallest absolute Gasteiger partial charge is 0.131 e. The van der Waals surface area contributed by atoms with Gasteiger partial charge < -0.3 is 0 Å². The lowest BCUT2D eigenvalue weighted by Crippen LogP contribution is -2.39. The molecule has 6 nitrogen and oxygen atoms in total. The summed E-state index contributed by atoms with van der Waals surface area (Å²) in [6.45, 7) is 17.4. The van der Waals surface area contributed by atoms with Crippen molar-refractivity contribution in [2.75, 3.05) is 23.9 Å². The number of nitrogens with one attached hydrogen (secondary N) is 4. The van der Waals surface area contributed by atoms with Crippen molar-refractivity contribution in [3.8, 4) is 0 Å². The van der Waals surface area contributed by atoms with Gasteiger partial charge in [-0.1, -0.05) is 67.2 Å². The summed E-state index contributed by atoms with van der Waals surface area (Å²) in [5, 5.41) is 2.24. The second-order valence-electron chi connectivity index (χ2n) is 10.8. The van der Waals surface area contributed by atoms with Crippen LogP contribution in [0.5, 0.6) is 0 Å². The maximum atomic E-state index is 6.21.